The summed E-state index contributed by atoms with van der Waals surface area (Å²) in [6.45, 7) is 3.45. The molecule has 1 aromatic carbocycles. The number of ether oxygens (including phenoxy) is 1. The molecular weight excluding hydrogens is 344 g/mol. The van der Waals surface area contributed by atoms with Crippen molar-refractivity contribution in [3.05, 3.63) is 47.5 Å². The fourth-order valence-corrected chi connectivity index (χ4v) is 2.96. The van der Waals surface area contributed by atoms with Crippen molar-refractivity contribution in [1.82, 2.24) is 10.6 Å². The average molecular weight is 372 g/mol. The molecule has 0 heterocycles. The third kappa shape index (κ3) is 6.55. The number of esters is 1. The van der Waals surface area contributed by atoms with E-state index >= 15 is 0 Å². The number of rotatable bonds is 7. The summed E-state index contributed by atoms with van der Waals surface area (Å²) in [5.74, 6) is -1.17. The zero-order chi connectivity index (χ0) is 19.7. The molecule has 0 spiro atoms. The van der Waals surface area contributed by atoms with Gasteiger partial charge in [-0.2, -0.15) is 0 Å². The molecule has 0 aliphatic heterocycles. The molecule has 0 unspecified atom stereocenters. The van der Waals surface area contributed by atoms with Crippen LogP contribution in [0.5, 0.6) is 0 Å². The Morgan fingerprint density at radius 1 is 1.11 bits per heavy atom. The number of hydrogen-bond donors (Lipinski definition) is 2. The van der Waals surface area contributed by atoms with Crippen LogP contribution in [0, 0.1) is 0 Å². The third-order valence-corrected chi connectivity index (χ3v) is 4.71. The summed E-state index contributed by atoms with van der Waals surface area (Å²) in [5, 5.41) is 4.83. The summed E-state index contributed by atoms with van der Waals surface area (Å²) >= 11 is 0. The number of benzene rings is 1. The predicted octanol–water partition coefficient (Wildman–Crippen LogP) is 3.22. The minimum Gasteiger partial charge on any atom is -0.455 e. The van der Waals surface area contributed by atoms with Crippen molar-refractivity contribution in [3.8, 4) is 0 Å². The van der Waals surface area contributed by atoms with E-state index in [-0.39, 0.29) is 0 Å². The van der Waals surface area contributed by atoms with E-state index in [1.54, 1.807) is 13.8 Å². The molecule has 0 saturated carbocycles. The molecule has 2 rings (SSSR count). The van der Waals surface area contributed by atoms with Crippen LogP contribution in [0.1, 0.15) is 51.5 Å². The largest absolute Gasteiger partial charge is 0.455 e. The Labute approximate surface area is 160 Å². The monoisotopic (exact) mass is 372 g/mol. The summed E-state index contributed by atoms with van der Waals surface area (Å²) < 4.78 is 5.08. The van der Waals surface area contributed by atoms with E-state index in [2.05, 4.69) is 16.7 Å². The second kappa shape index (κ2) is 9.90. The molecule has 146 valence electrons. The molecule has 0 aromatic heterocycles. The molecule has 0 fully saturated rings. The van der Waals surface area contributed by atoms with E-state index in [1.807, 2.05) is 30.3 Å². The minimum atomic E-state index is -0.877. The predicted molar refractivity (Wildman–Crippen MR) is 103 cm³/mol. The standard InChI is InChI=1S/C21H28N2O4/c1-21(2,17-11-7-4-8-12-17)19(25)27-15-18(24)23-20(26)22-14-13-16-9-5-3-6-10-16/h4,7-9,11-12H,3,5-6,10,13-15H2,1-2H3,(H2,22,23,24,26). The van der Waals surface area contributed by atoms with Gasteiger partial charge in [-0.15, -0.1) is 0 Å². The van der Waals surface area contributed by atoms with Crippen molar-refractivity contribution < 1.29 is 19.1 Å². The summed E-state index contributed by atoms with van der Waals surface area (Å²) in [6, 6.07) is 8.62. The van der Waals surface area contributed by atoms with E-state index in [9.17, 15) is 14.4 Å². The Hall–Kier alpha value is -2.63. The van der Waals surface area contributed by atoms with Crippen molar-refractivity contribution in [3.63, 3.8) is 0 Å². The number of carbonyl (C=O) groups is 3. The molecule has 3 amide bonds. The maximum Gasteiger partial charge on any atom is 0.321 e. The lowest BCUT2D eigenvalue weighted by atomic mass is 9.85. The Bertz CT molecular complexity index is 695. The second-order valence-corrected chi connectivity index (χ2v) is 7.23. The molecule has 0 saturated heterocycles. The van der Waals surface area contributed by atoms with Crippen molar-refractivity contribution in [2.75, 3.05) is 13.2 Å². The van der Waals surface area contributed by atoms with Crippen LogP contribution in [-0.4, -0.2) is 31.1 Å². The zero-order valence-electron chi connectivity index (χ0n) is 16.0. The maximum absolute atomic E-state index is 12.3. The molecule has 1 aliphatic carbocycles. The Morgan fingerprint density at radius 2 is 1.85 bits per heavy atom. The van der Waals surface area contributed by atoms with Gasteiger partial charge in [0.05, 0.1) is 5.41 Å². The van der Waals surface area contributed by atoms with Gasteiger partial charge in [0.25, 0.3) is 5.91 Å². The number of nitrogens with one attached hydrogen (secondary N) is 2. The second-order valence-electron chi connectivity index (χ2n) is 7.23. The SMILES string of the molecule is CC(C)(C(=O)OCC(=O)NC(=O)NCCC1=CCCCC1)c1ccccc1. The van der Waals surface area contributed by atoms with E-state index in [1.165, 1.54) is 18.4 Å². The van der Waals surface area contributed by atoms with Gasteiger partial charge in [-0.05, 0) is 51.5 Å². The van der Waals surface area contributed by atoms with Crippen molar-refractivity contribution >= 4 is 17.9 Å². The Kier molecular flexibility index (Phi) is 7.58. The smallest absolute Gasteiger partial charge is 0.321 e. The first-order chi connectivity index (χ1) is 12.9. The average Bonchev–Trinajstić information content (AvgIpc) is 2.67. The van der Waals surface area contributed by atoms with Crippen LogP contribution in [-0.2, 0) is 19.7 Å². The third-order valence-electron chi connectivity index (χ3n) is 4.71. The van der Waals surface area contributed by atoms with E-state index < -0.39 is 29.9 Å². The van der Waals surface area contributed by atoms with Gasteiger partial charge < -0.3 is 10.1 Å². The van der Waals surface area contributed by atoms with Gasteiger partial charge in [0.15, 0.2) is 6.61 Å². The minimum absolute atomic E-state index is 0.478. The molecule has 0 radical (unpaired) electrons. The molecule has 27 heavy (non-hydrogen) atoms. The van der Waals surface area contributed by atoms with Crippen molar-refractivity contribution in [2.45, 2.75) is 51.4 Å². The van der Waals surface area contributed by atoms with Crippen LogP contribution < -0.4 is 10.6 Å². The lowest BCUT2D eigenvalue weighted by Crippen LogP contribution is -2.42. The normalized spacial score (nSPS) is 14.1. The first-order valence-electron chi connectivity index (χ1n) is 9.38. The lowest BCUT2D eigenvalue weighted by Gasteiger charge is -2.22. The molecular formula is C21H28N2O4. The highest BCUT2D eigenvalue weighted by atomic mass is 16.5. The molecule has 0 atom stereocenters. The molecule has 1 aromatic rings. The Morgan fingerprint density at radius 3 is 2.52 bits per heavy atom. The fourth-order valence-electron chi connectivity index (χ4n) is 2.96. The number of imide groups is 1. The first-order valence-corrected chi connectivity index (χ1v) is 9.38. The van der Waals surface area contributed by atoms with E-state index in [4.69, 9.17) is 4.74 Å². The summed E-state index contributed by atoms with van der Waals surface area (Å²) in [5.41, 5.74) is 1.27. The molecule has 6 nitrogen and oxygen atoms in total. The quantitative estimate of drug-likeness (QED) is 0.568. The fraction of sp³-hybridized carbons (Fsp3) is 0.476. The van der Waals surface area contributed by atoms with Crippen LogP contribution in [0.2, 0.25) is 0 Å². The van der Waals surface area contributed by atoms with Gasteiger partial charge in [-0.3, -0.25) is 14.9 Å². The van der Waals surface area contributed by atoms with Gasteiger partial charge in [0, 0.05) is 6.54 Å². The highest BCUT2D eigenvalue weighted by Crippen LogP contribution is 2.24. The topological polar surface area (TPSA) is 84.5 Å². The van der Waals surface area contributed by atoms with Crippen molar-refractivity contribution in [1.29, 1.82) is 0 Å². The summed E-state index contributed by atoms with van der Waals surface area (Å²) in [6.07, 6.45) is 7.62. The highest BCUT2D eigenvalue weighted by molar-refractivity contribution is 5.96. The van der Waals surface area contributed by atoms with Crippen LogP contribution in [0.25, 0.3) is 0 Å². The molecule has 0 bridgehead atoms. The van der Waals surface area contributed by atoms with Crippen LogP contribution >= 0.6 is 0 Å². The van der Waals surface area contributed by atoms with Crippen LogP contribution in [0.3, 0.4) is 0 Å². The van der Waals surface area contributed by atoms with Crippen LogP contribution in [0.15, 0.2) is 42.0 Å². The van der Waals surface area contributed by atoms with Gasteiger partial charge in [0.2, 0.25) is 0 Å². The molecule has 6 heteroatoms. The van der Waals surface area contributed by atoms with Gasteiger partial charge in [-0.25, -0.2) is 4.79 Å². The van der Waals surface area contributed by atoms with Gasteiger partial charge in [0.1, 0.15) is 0 Å². The molecule has 2 N–H and O–H groups in total. The Balaban J connectivity index is 1.69. The number of allylic oxidation sites excluding steroid dienone is 1. The van der Waals surface area contributed by atoms with Gasteiger partial charge in [-0.1, -0.05) is 42.0 Å². The van der Waals surface area contributed by atoms with E-state index in [0.717, 1.165) is 24.8 Å². The number of carbonyl (C=O) groups excluding carboxylic acids is 3. The van der Waals surface area contributed by atoms with Crippen LogP contribution in [0.4, 0.5) is 4.79 Å². The molecule has 1 aliphatic rings. The number of hydrogen-bond acceptors (Lipinski definition) is 4. The van der Waals surface area contributed by atoms with Crippen molar-refractivity contribution in [2.24, 2.45) is 0 Å². The zero-order valence-corrected chi connectivity index (χ0v) is 16.0. The number of amides is 3. The first kappa shape index (κ1) is 20.7. The summed E-state index contributed by atoms with van der Waals surface area (Å²) in [7, 11) is 0. The lowest BCUT2D eigenvalue weighted by molar-refractivity contribution is -0.153. The van der Waals surface area contributed by atoms with E-state index in [0.29, 0.717) is 6.54 Å². The van der Waals surface area contributed by atoms with Gasteiger partial charge >= 0.3 is 12.0 Å². The number of urea groups is 1. The summed E-state index contributed by atoms with van der Waals surface area (Å²) in [4.78, 5) is 35.9. The maximum atomic E-state index is 12.3. The highest BCUT2D eigenvalue weighted by Gasteiger charge is 2.31.